The number of amides is 3. The Hall–Kier alpha value is -7.86. The fraction of sp³-hybridized carbons (Fsp3) is 0.132. The lowest BCUT2D eigenvalue weighted by Gasteiger charge is -2.49. The first-order valence-corrected chi connectivity index (χ1v) is 24.8. The molecule has 2 atom stereocenters. The van der Waals surface area contributed by atoms with Crippen LogP contribution >= 0.6 is 34.9 Å². The maximum Gasteiger partial charge on any atom is 0.356 e. The molecule has 0 bridgehead atoms. The molecule has 350 valence electrons. The van der Waals surface area contributed by atoms with Crippen molar-refractivity contribution in [3.05, 3.63) is 225 Å². The molecule has 0 spiro atoms. The lowest BCUT2D eigenvalue weighted by atomic mass is 9.77. The third-order valence-corrected chi connectivity index (χ3v) is 14.2. The van der Waals surface area contributed by atoms with Crippen molar-refractivity contribution in [1.29, 1.82) is 0 Å². The minimum atomic E-state index is -1.03. The van der Waals surface area contributed by atoms with Gasteiger partial charge in [-0.05, 0) is 57.0 Å². The molecule has 2 aromatic heterocycles. The summed E-state index contributed by atoms with van der Waals surface area (Å²) in [5.74, 6) is -1.57. The Labute approximate surface area is 416 Å². The number of allylic oxidation sites excluding steroid dienone is 1. The first-order valence-electron chi connectivity index (χ1n) is 22.0. The number of ether oxygens (including phenoxy) is 1. The van der Waals surface area contributed by atoms with Gasteiger partial charge in [0.1, 0.15) is 40.5 Å². The van der Waals surface area contributed by atoms with Crippen molar-refractivity contribution in [3.8, 4) is 0 Å². The molecule has 1 saturated heterocycles. The Kier molecular flexibility index (Phi) is 14.6. The monoisotopic (exact) mass is 984 g/mol. The normalized spacial score (nSPS) is 15.8. The Bertz CT molecular complexity index is 2930. The first-order chi connectivity index (χ1) is 34.2. The maximum atomic E-state index is 14.6. The number of nitrogens with zero attached hydrogens (tertiary/aromatic N) is 5. The molecule has 7 aromatic rings. The second-order valence-corrected chi connectivity index (χ2v) is 18.7. The number of hydrogen-bond acceptors (Lipinski definition) is 14. The summed E-state index contributed by atoms with van der Waals surface area (Å²) in [6, 6.07) is 51.3. The van der Waals surface area contributed by atoms with Gasteiger partial charge in [-0.2, -0.15) is 0 Å². The van der Waals surface area contributed by atoms with E-state index in [4.69, 9.17) is 14.6 Å². The van der Waals surface area contributed by atoms with Gasteiger partial charge in [0.05, 0.1) is 0 Å². The molecule has 0 saturated carbocycles. The number of rotatable bonds is 17. The second-order valence-electron chi connectivity index (χ2n) is 15.8. The summed E-state index contributed by atoms with van der Waals surface area (Å²) in [6.45, 7) is 1.38. The largest absolute Gasteiger partial charge is 0.448 e. The van der Waals surface area contributed by atoms with Crippen LogP contribution in [0.25, 0.3) is 0 Å². The molecule has 2 aliphatic heterocycles. The fourth-order valence-corrected chi connectivity index (χ4v) is 10.9. The first kappa shape index (κ1) is 47.2. The van der Waals surface area contributed by atoms with Crippen LogP contribution in [0.3, 0.4) is 0 Å². The molecule has 70 heavy (non-hydrogen) atoms. The van der Waals surface area contributed by atoms with Crippen LogP contribution in [-0.4, -0.2) is 73.8 Å². The number of carbonyl (C=O) groups excluding carboxylic acids is 4. The number of nitrogens with one attached hydrogen (secondary N) is 3. The zero-order valence-electron chi connectivity index (χ0n) is 37.7. The zero-order chi connectivity index (χ0) is 48.5. The topological polar surface area (TPSA) is 177 Å². The van der Waals surface area contributed by atoms with Crippen LogP contribution in [0.15, 0.2) is 202 Å². The quantitative estimate of drug-likeness (QED) is 0.0198. The van der Waals surface area contributed by atoms with E-state index in [0.717, 1.165) is 27.8 Å². The van der Waals surface area contributed by atoms with Gasteiger partial charge in [-0.3, -0.25) is 19.3 Å². The highest BCUT2D eigenvalue weighted by Crippen LogP contribution is 2.43. The van der Waals surface area contributed by atoms with E-state index < -0.39 is 40.8 Å². The lowest BCUT2D eigenvalue weighted by molar-refractivity contribution is -0.154. The Morgan fingerprint density at radius 3 is 1.90 bits per heavy atom. The van der Waals surface area contributed by atoms with Gasteiger partial charge in [-0.15, -0.1) is 33.3 Å². The highest BCUT2D eigenvalue weighted by Gasteiger charge is 2.55. The summed E-state index contributed by atoms with van der Waals surface area (Å²) in [5.41, 5.74) is 4.20. The standard InChI is InChI=1S/C53H44N8O6S3/c1-34(62)54-42-28-29-43(59-58-42)68-31-30-37-32-69-50-45(49(64)61(50)46(37)51(65)67-47(35-18-8-3-9-19-35)36-20-10-4-11-21-36)56-48(63)44(60-66-2)41-33-70-52(55-41)57-53(38-22-12-5-13-23-38,39-24-14-6-15-25-39)40-26-16-7-17-27-40/h3-31,33,45,47,50H,32H2,1-2H3,(H,55,57)(H,56,63)(H,54,58,62)/b31-30+,60-44+. The van der Waals surface area contributed by atoms with Crippen molar-refractivity contribution in [1.82, 2.24) is 25.4 Å². The molecule has 17 heteroatoms. The number of benzene rings is 5. The fourth-order valence-electron chi connectivity index (χ4n) is 8.21. The van der Waals surface area contributed by atoms with E-state index in [1.807, 2.05) is 115 Å². The van der Waals surface area contributed by atoms with Gasteiger partial charge in [0.15, 0.2) is 22.8 Å². The highest BCUT2D eigenvalue weighted by atomic mass is 32.2. The molecule has 2 aliphatic rings. The molecule has 1 fully saturated rings. The van der Waals surface area contributed by atoms with Crippen LogP contribution < -0.4 is 16.0 Å². The molecule has 3 N–H and O–H groups in total. The molecule has 3 amide bonds. The van der Waals surface area contributed by atoms with Crippen molar-refractivity contribution < 1.29 is 28.8 Å². The molecule has 2 unspecified atom stereocenters. The van der Waals surface area contributed by atoms with Crippen LogP contribution in [0.4, 0.5) is 10.9 Å². The molecular formula is C53H44N8O6S3. The second kappa shape index (κ2) is 21.6. The van der Waals surface area contributed by atoms with Gasteiger partial charge in [0.25, 0.3) is 11.8 Å². The minimum absolute atomic E-state index is 0.0554. The van der Waals surface area contributed by atoms with Crippen LogP contribution in [0.2, 0.25) is 0 Å². The van der Waals surface area contributed by atoms with Crippen molar-refractivity contribution in [2.24, 2.45) is 5.16 Å². The maximum absolute atomic E-state index is 14.6. The summed E-state index contributed by atoms with van der Waals surface area (Å²) < 4.78 is 6.33. The number of β-lactam (4-membered cyclic amide) rings is 1. The van der Waals surface area contributed by atoms with Crippen molar-refractivity contribution in [2.75, 3.05) is 23.5 Å². The molecular weight excluding hydrogens is 941 g/mol. The number of aromatic nitrogens is 3. The Balaban J connectivity index is 0.982. The summed E-state index contributed by atoms with van der Waals surface area (Å²) in [6.07, 6.45) is 0.953. The molecule has 0 radical (unpaired) electrons. The average Bonchev–Trinajstić information content (AvgIpc) is 3.87. The number of carbonyl (C=O) groups is 4. The van der Waals surface area contributed by atoms with Gasteiger partial charge in [-0.1, -0.05) is 169 Å². The van der Waals surface area contributed by atoms with Crippen LogP contribution in [0.5, 0.6) is 0 Å². The van der Waals surface area contributed by atoms with Crippen molar-refractivity contribution in [3.63, 3.8) is 0 Å². The van der Waals surface area contributed by atoms with Gasteiger partial charge in [0, 0.05) is 18.1 Å². The number of fused-ring (bicyclic) bond motifs is 1. The van der Waals surface area contributed by atoms with Gasteiger partial charge < -0.3 is 25.5 Å². The number of thiazole rings is 1. The molecule has 5 aromatic carbocycles. The lowest BCUT2D eigenvalue weighted by Crippen LogP contribution is -2.71. The van der Waals surface area contributed by atoms with E-state index in [1.54, 1.807) is 29.0 Å². The number of hydrogen-bond donors (Lipinski definition) is 3. The van der Waals surface area contributed by atoms with E-state index >= 15 is 0 Å². The number of thioether (sulfide) groups is 2. The third kappa shape index (κ3) is 10.1. The summed E-state index contributed by atoms with van der Waals surface area (Å²) in [7, 11) is 1.33. The number of esters is 1. The molecule has 4 heterocycles. The van der Waals surface area contributed by atoms with Gasteiger partial charge in [0.2, 0.25) is 5.91 Å². The SMILES string of the molecule is CO/N=C(/C(=O)NC1C(=O)N2C(C(=O)OC(c3ccccc3)c3ccccc3)=C(/C=C/Sc3ccc(NC(C)=O)nn3)CSC12)c1csc(NC(c2ccccc2)(c2ccccc2)c2ccccc2)n1. The molecule has 14 nitrogen and oxygen atoms in total. The minimum Gasteiger partial charge on any atom is -0.448 e. The van der Waals surface area contributed by atoms with E-state index in [2.05, 4.69) is 67.7 Å². The van der Waals surface area contributed by atoms with Crippen molar-refractivity contribution in [2.45, 2.75) is 35.0 Å². The third-order valence-electron chi connectivity index (χ3n) is 11.4. The smallest absolute Gasteiger partial charge is 0.356 e. The van der Waals surface area contributed by atoms with Gasteiger partial charge >= 0.3 is 5.97 Å². The Morgan fingerprint density at radius 2 is 1.37 bits per heavy atom. The summed E-state index contributed by atoms with van der Waals surface area (Å²) >= 11 is 3.93. The van der Waals surface area contributed by atoms with Crippen LogP contribution in [-0.2, 0) is 34.3 Å². The van der Waals surface area contributed by atoms with Crippen molar-refractivity contribution >= 4 is 75.2 Å². The van der Waals surface area contributed by atoms with E-state index in [9.17, 15) is 19.2 Å². The highest BCUT2D eigenvalue weighted by molar-refractivity contribution is 8.02. The predicted molar refractivity (Wildman–Crippen MR) is 273 cm³/mol. The van der Waals surface area contributed by atoms with Crippen LogP contribution in [0.1, 0.15) is 46.5 Å². The summed E-state index contributed by atoms with van der Waals surface area (Å²) in [5, 5.41) is 25.3. The van der Waals surface area contributed by atoms with E-state index in [1.165, 1.54) is 53.8 Å². The average molecular weight is 985 g/mol. The van der Waals surface area contributed by atoms with E-state index in [-0.39, 0.29) is 23.0 Å². The van der Waals surface area contributed by atoms with Crippen LogP contribution in [0, 0.1) is 0 Å². The number of anilines is 2. The van der Waals surface area contributed by atoms with Gasteiger partial charge in [-0.25, -0.2) is 9.78 Å². The molecule has 0 aliphatic carbocycles. The molecule has 9 rings (SSSR count). The predicted octanol–water partition coefficient (Wildman–Crippen LogP) is 8.94. The Morgan fingerprint density at radius 1 is 0.800 bits per heavy atom. The zero-order valence-corrected chi connectivity index (χ0v) is 40.1. The summed E-state index contributed by atoms with van der Waals surface area (Å²) in [4.78, 5) is 66.2. The van der Waals surface area contributed by atoms with E-state index in [0.29, 0.717) is 27.3 Å². The number of oxime groups is 1.